The first-order valence-electron chi connectivity index (χ1n) is 6.90. The average Bonchev–Trinajstić information content (AvgIpc) is 3.14. The minimum absolute atomic E-state index is 0.0293. The molecular formula is C15H19NO2. The SMILES string of the molecule is CCOC(C(=O)C1CCc2cccnc21)C1CC1. The van der Waals surface area contributed by atoms with E-state index in [1.807, 2.05) is 13.0 Å². The van der Waals surface area contributed by atoms with Crippen LogP contribution in [0, 0.1) is 5.92 Å². The first kappa shape index (κ1) is 11.8. The van der Waals surface area contributed by atoms with E-state index in [9.17, 15) is 4.79 Å². The summed E-state index contributed by atoms with van der Waals surface area (Å²) in [6.07, 6.45) is 5.76. The predicted molar refractivity (Wildman–Crippen MR) is 68.4 cm³/mol. The van der Waals surface area contributed by atoms with Crippen LogP contribution in [0.15, 0.2) is 18.3 Å². The van der Waals surface area contributed by atoms with Crippen molar-refractivity contribution in [3.63, 3.8) is 0 Å². The van der Waals surface area contributed by atoms with E-state index < -0.39 is 0 Å². The molecule has 0 aliphatic heterocycles. The maximum atomic E-state index is 12.6. The number of pyridine rings is 1. The van der Waals surface area contributed by atoms with Crippen LogP contribution in [0.25, 0.3) is 0 Å². The molecule has 2 atom stereocenters. The second kappa shape index (κ2) is 4.81. The van der Waals surface area contributed by atoms with Crippen LogP contribution < -0.4 is 0 Å². The van der Waals surface area contributed by atoms with E-state index in [0.717, 1.165) is 31.4 Å². The number of aryl methyl sites for hydroxylation is 1. The van der Waals surface area contributed by atoms with E-state index in [1.165, 1.54) is 5.56 Å². The molecule has 3 heteroatoms. The van der Waals surface area contributed by atoms with Crippen molar-refractivity contribution in [3.8, 4) is 0 Å². The van der Waals surface area contributed by atoms with Crippen molar-refractivity contribution in [1.82, 2.24) is 4.98 Å². The van der Waals surface area contributed by atoms with Gasteiger partial charge in [0.15, 0.2) is 5.78 Å². The standard InChI is InChI=1S/C15H19NO2/c1-2-18-15(11-5-6-11)14(17)12-8-7-10-4-3-9-16-13(10)12/h3-4,9,11-12,15H,2,5-8H2,1H3. The fraction of sp³-hybridized carbons (Fsp3) is 0.600. The Kier molecular flexibility index (Phi) is 3.16. The van der Waals surface area contributed by atoms with Crippen LogP contribution in [0.4, 0.5) is 0 Å². The number of rotatable bonds is 5. The van der Waals surface area contributed by atoms with Crippen LogP contribution in [0.3, 0.4) is 0 Å². The molecule has 0 spiro atoms. The average molecular weight is 245 g/mol. The number of aromatic nitrogens is 1. The molecule has 1 aromatic rings. The van der Waals surface area contributed by atoms with Crippen LogP contribution in [0.2, 0.25) is 0 Å². The monoisotopic (exact) mass is 245 g/mol. The molecule has 1 heterocycles. The molecule has 1 fully saturated rings. The molecule has 0 bridgehead atoms. The number of carbonyl (C=O) groups excluding carboxylic acids is 1. The summed E-state index contributed by atoms with van der Waals surface area (Å²) in [5.41, 5.74) is 2.23. The third kappa shape index (κ3) is 2.07. The van der Waals surface area contributed by atoms with Crippen LogP contribution in [-0.2, 0) is 16.0 Å². The fourth-order valence-electron chi connectivity index (χ4n) is 2.92. The van der Waals surface area contributed by atoms with Crippen molar-refractivity contribution in [3.05, 3.63) is 29.6 Å². The van der Waals surface area contributed by atoms with E-state index >= 15 is 0 Å². The van der Waals surface area contributed by atoms with Crippen molar-refractivity contribution >= 4 is 5.78 Å². The molecule has 0 amide bonds. The Balaban J connectivity index is 1.80. The zero-order valence-electron chi connectivity index (χ0n) is 10.8. The van der Waals surface area contributed by atoms with Crippen molar-refractivity contribution < 1.29 is 9.53 Å². The number of ketones is 1. The lowest BCUT2D eigenvalue weighted by atomic mass is 9.94. The number of hydrogen-bond donors (Lipinski definition) is 0. The lowest BCUT2D eigenvalue weighted by molar-refractivity contribution is -0.133. The van der Waals surface area contributed by atoms with Crippen molar-refractivity contribution in [2.24, 2.45) is 5.92 Å². The highest BCUT2D eigenvalue weighted by atomic mass is 16.5. The Bertz CT molecular complexity index is 454. The zero-order valence-corrected chi connectivity index (χ0v) is 10.8. The summed E-state index contributed by atoms with van der Waals surface area (Å²) in [5, 5.41) is 0. The molecule has 18 heavy (non-hydrogen) atoms. The summed E-state index contributed by atoms with van der Waals surface area (Å²) < 4.78 is 5.68. The minimum Gasteiger partial charge on any atom is -0.370 e. The van der Waals surface area contributed by atoms with Gasteiger partial charge >= 0.3 is 0 Å². The molecule has 2 aliphatic carbocycles. The van der Waals surface area contributed by atoms with Gasteiger partial charge in [0.05, 0.1) is 11.6 Å². The van der Waals surface area contributed by atoms with E-state index in [4.69, 9.17) is 4.74 Å². The number of hydrogen-bond acceptors (Lipinski definition) is 3. The Morgan fingerprint density at radius 2 is 2.33 bits per heavy atom. The highest BCUT2D eigenvalue weighted by Crippen LogP contribution is 2.40. The van der Waals surface area contributed by atoms with Crippen LogP contribution in [0.1, 0.15) is 43.4 Å². The number of ether oxygens (including phenoxy) is 1. The molecule has 3 rings (SSSR count). The molecule has 2 aliphatic rings. The Morgan fingerprint density at radius 1 is 1.50 bits per heavy atom. The van der Waals surface area contributed by atoms with Crippen molar-refractivity contribution in [2.45, 2.75) is 44.6 Å². The van der Waals surface area contributed by atoms with Gasteiger partial charge in [-0.15, -0.1) is 0 Å². The minimum atomic E-state index is -0.187. The lowest BCUT2D eigenvalue weighted by Crippen LogP contribution is -2.31. The van der Waals surface area contributed by atoms with Gasteiger partial charge in [0.2, 0.25) is 0 Å². The molecule has 0 aromatic carbocycles. The molecule has 0 saturated heterocycles. The van der Waals surface area contributed by atoms with Gasteiger partial charge in [-0.2, -0.15) is 0 Å². The van der Waals surface area contributed by atoms with E-state index in [0.29, 0.717) is 12.5 Å². The third-order valence-electron chi connectivity index (χ3n) is 3.98. The van der Waals surface area contributed by atoms with Crippen LogP contribution in [0.5, 0.6) is 0 Å². The normalized spacial score (nSPS) is 23.7. The summed E-state index contributed by atoms with van der Waals surface area (Å²) in [6.45, 7) is 2.58. The highest BCUT2D eigenvalue weighted by molar-refractivity contribution is 5.90. The smallest absolute Gasteiger partial charge is 0.170 e. The van der Waals surface area contributed by atoms with E-state index in [2.05, 4.69) is 11.1 Å². The maximum Gasteiger partial charge on any atom is 0.170 e. The van der Waals surface area contributed by atoms with Crippen molar-refractivity contribution in [2.75, 3.05) is 6.61 Å². The second-order valence-electron chi connectivity index (χ2n) is 5.25. The largest absolute Gasteiger partial charge is 0.370 e. The molecule has 2 unspecified atom stereocenters. The summed E-state index contributed by atoms with van der Waals surface area (Å²) in [7, 11) is 0. The van der Waals surface area contributed by atoms with Gasteiger partial charge in [-0.05, 0) is 50.2 Å². The molecule has 0 radical (unpaired) electrons. The van der Waals surface area contributed by atoms with Gasteiger partial charge in [0, 0.05) is 12.8 Å². The molecule has 0 N–H and O–H groups in total. The summed E-state index contributed by atoms with van der Waals surface area (Å²) in [5.74, 6) is 0.695. The fourth-order valence-corrected chi connectivity index (χ4v) is 2.92. The van der Waals surface area contributed by atoms with Gasteiger partial charge < -0.3 is 4.74 Å². The highest BCUT2D eigenvalue weighted by Gasteiger charge is 2.42. The number of carbonyl (C=O) groups is 1. The quantitative estimate of drug-likeness (QED) is 0.800. The molecule has 1 saturated carbocycles. The van der Waals surface area contributed by atoms with Gasteiger partial charge in [0.25, 0.3) is 0 Å². The van der Waals surface area contributed by atoms with Gasteiger partial charge in [0.1, 0.15) is 6.10 Å². The Hall–Kier alpha value is -1.22. The molecule has 3 nitrogen and oxygen atoms in total. The second-order valence-corrected chi connectivity index (χ2v) is 5.25. The van der Waals surface area contributed by atoms with Gasteiger partial charge in [-0.1, -0.05) is 6.07 Å². The zero-order chi connectivity index (χ0) is 12.5. The summed E-state index contributed by atoms with van der Waals surface area (Å²) in [6, 6.07) is 4.04. The third-order valence-corrected chi connectivity index (χ3v) is 3.98. The molecular weight excluding hydrogens is 226 g/mol. The van der Waals surface area contributed by atoms with E-state index in [-0.39, 0.29) is 17.8 Å². The molecule has 96 valence electrons. The summed E-state index contributed by atoms with van der Waals surface area (Å²) >= 11 is 0. The lowest BCUT2D eigenvalue weighted by Gasteiger charge is -2.19. The van der Waals surface area contributed by atoms with Gasteiger partial charge in [-0.25, -0.2) is 0 Å². The number of fused-ring (bicyclic) bond motifs is 1. The maximum absolute atomic E-state index is 12.6. The Labute approximate surface area is 108 Å². The predicted octanol–water partition coefficient (Wildman–Crippen LogP) is 2.50. The van der Waals surface area contributed by atoms with E-state index in [1.54, 1.807) is 6.20 Å². The number of nitrogens with zero attached hydrogens (tertiary/aromatic N) is 1. The van der Waals surface area contributed by atoms with Crippen LogP contribution >= 0.6 is 0 Å². The van der Waals surface area contributed by atoms with Crippen LogP contribution in [-0.4, -0.2) is 23.5 Å². The van der Waals surface area contributed by atoms with Gasteiger partial charge in [-0.3, -0.25) is 9.78 Å². The topological polar surface area (TPSA) is 39.2 Å². The Morgan fingerprint density at radius 3 is 3.06 bits per heavy atom. The summed E-state index contributed by atoms with van der Waals surface area (Å²) in [4.78, 5) is 17.0. The molecule has 1 aromatic heterocycles. The first-order valence-corrected chi connectivity index (χ1v) is 6.90. The number of Topliss-reactive ketones (excluding diaryl/α,β-unsaturated/α-hetero) is 1. The van der Waals surface area contributed by atoms with Crippen molar-refractivity contribution in [1.29, 1.82) is 0 Å². The first-order chi connectivity index (χ1) is 8.81.